The summed E-state index contributed by atoms with van der Waals surface area (Å²) in [5.41, 5.74) is 0. The fourth-order valence-corrected chi connectivity index (χ4v) is 3.19. The minimum absolute atomic E-state index is 0.0905. The summed E-state index contributed by atoms with van der Waals surface area (Å²) in [4.78, 5) is 14.5. The lowest BCUT2D eigenvalue weighted by Gasteiger charge is -2.44. The van der Waals surface area contributed by atoms with Crippen LogP contribution in [0.3, 0.4) is 0 Å². The van der Waals surface area contributed by atoms with Crippen LogP contribution in [0.1, 0.15) is 33.6 Å². The van der Waals surface area contributed by atoms with Crippen molar-refractivity contribution in [1.82, 2.24) is 10.2 Å². The second-order valence-electron chi connectivity index (χ2n) is 6.04. The van der Waals surface area contributed by atoms with Gasteiger partial charge in [0.2, 0.25) is 0 Å². The summed E-state index contributed by atoms with van der Waals surface area (Å²) < 4.78 is 11.1. The van der Waals surface area contributed by atoms with Crippen LogP contribution in [-0.2, 0) is 14.3 Å². The van der Waals surface area contributed by atoms with Crippen LogP contribution < -0.4 is 5.32 Å². The van der Waals surface area contributed by atoms with Crippen molar-refractivity contribution in [3.63, 3.8) is 0 Å². The third-order valence-corrected chi connectivity index (χ3v) is 4.34. The second-order valence-corrected chi connectivity index (χ2v) is 6.04. The lowest BCUT2D eigenvalue weighted by atomic mass is 9.93. The summed E-state index contributed by atoms with van der Waals surface area (Å²) in [7, 11) is 0. The molecule has 5 heteroatoms. The molecule has 20 heavy (non-hydrogen) atoms. The topological polar surface area (TPSA) is 50.8 Å². The third-order valence-electron chi connectivity index (χ3n) is 4.34. The molecule has 2 fully saturated rings. The van der Waals surface area contributed by atoms with Crippen LogP contribution in [0, 0.1) is 5.92 Å². The molecule has 3 atom stereocenters. The molecule has 0 aromatic rings. The first kappa shape index (κ1) is 15.7. The normalized spacial score (nSPS) is 32.3. The zero-order valence-corrected chi connectivity index (χ0v) is 12.9. The van der Waals surface area contributed by atoms with Gasteiger partial charge in [0, 0.05) is 32.3 Å². The average molecular weight is 284 g/mol. The molecule has 0 aliphatic carbocycles. The Morgan fingerprint density at radius 2 is 2.30 bits per heavy atom. The molecule has 2 aliphatic rings. The minimum Gasteiger partial charge on any atom is -0.465 e. The largest absolute Gasteiger partial charge is 0.465 e. The molecule has 0 saturated carbocycles. The van der Waals surface area contributed by atoms with Crippen LogP contribution in [0.15, 0.2) is 0 Å². The maximum Gasteiger partial charge on any atom is 0.324 e. The third kappa shape index (κ3) is 3.71. The summed E-state index contributed by atoms with van der Waals surface area (Å²) in [6, 6.07) is 0.298. The first-order valence-electron chi connectivity index (χ1n) is 7.88. The molecule has 0 radical (unpaired) electrons. The van der Waals surface area contributed by atoms with Gasteiger partial charge in [-0.25, -0.2) is 0 Å². The summed E-state index contributed by atoms with van der Waals surface area (Å²) in [5, 5.41) is 3.30. The van der Waals surface area contributed by atoms with Gasteiger partial charge in [-0.15, -0.1) is 0 Å². The molecule has 2 aliphatic heterocycles. The van der Waals surface area contributed by atoms with Crippen molar-refractivity contribution in [2.24, 2.45) is 5.92 Å². The van der Waals surface area contributed by atoms with E-state index in [1.807, 2.05) is 6.92 Å². The van der Waals surface area contributed by atoms with Gasteiger partial charge in [-0.2, -0.15) is 0 Å². The highest BCUT2D eigenvalue weighted by Gasteiger charge is 2.37. The number of hydrogen-bond acceptors (Lipinski definition) is 5. The highest BCUT2D eigenvalue weighted by molar-refractivity contribution is 5.76. The van der Waals surface area contributed by atoms with E-state index in [0.29, 0.717) is 31.2 Å². The van der Waals surface area contributed by atoms with E-state index < -0.39 is 0 Å². The summed E-state index contributed by atoms with van der Waals surface area (Å²) in [6.45, 7) is 10.1. The Kier molecular flexibility index (Phi) is 5.81. The molecule has 3 unspecified atom stereocenters. The number of nitrogens with one attached hydrogen (secondary N) is 1. The Bertz CT molecular complexity index is 322. The molecule has 1 N–H and O–H groups in total. The van der Waals surface area contributed by atoms with Crippen molar-refractivity contribution >= 4 is 5.97 Å². The Labute approximate surface area is 122 Å². The van der Waals surface area contributed by atoms with Crippen LogP contribution >= 0.6 is 0 Å². The number of hydrogen-bond donors (Lipinski definition) is 1. The van der Waals surface area contributed by atoms with Gasteiger partial charge >= 0.3 is 5.97 Å². The predicted octanol–water partition coefficient (Wildman–Crippen LogP) is 1.03. The second kappa shape index (κ2) is 7.38. The van der Waals surface area contributed by atoms with Gasteiger partial charge in [-0.3, -0.25) is 9.69 Å². The number of rotatable bonds is 4. The zero-order valence-electron chi connectivity index (χ0n) is 12.9. The van der Waals surface area contributed by atoms with Gasteiger partial charge in [-0.1, -0.05) is 13.8 Å². The Morgan fingerprint density at radius 1 is 1.50 bits per heavy atom. The van der Waals surface area contributed by atoms with E-state index in [2.05, 4.69) is 24.1 Å². The first-order chi connectivity index (χ1) is 9.63. The van der Waals surface area contributed by atoms with Crippen LogP contribution in [0.25, 0.3) is 0 Å². The summed E-state index contributed by atoms with van der Waals surface area (Å²) in [5.74, 6) is 0.439. The van der Waals surface area contributed by atoms with Crippen LogP contribution in [0.2, 0.25) is 0 Å². The highest BCUT2D eigenvalue weighted by Crippen LogP contribution is 2.26. The van der Waals surface area contributed by atoms with Gasteiger partial charge in [0.25, 0.3) is 0 Å². The molecule has 0 amide bonds. The van der Waals surface area contributed by atoms with Gasteiger partial charge in [-0.05, 0) is 25.7 Å². The molecular formula is C15H28N2O3. The molecule has 0 aromatic heterocycles. The molecule has 0 aromatic carbocycles. The van der Waals surface area contributed by atoms with Crippen molar-refractivity contribution in [2.45, 2.75) is 51.8 Å². The van der Waals surface area contributed by atoms with E-state index >= 15 is 0 Å². The van der Waals surface area contributed by atoms with E-state index in [0.717, 1.165) is 32.5 Å². The van der Waals surface area contributed by atoms with Crippen LogP contribution in [0.4, 0.5) is 0 Å². The quantitative estimate of drug-likeness (QED) is 0.781. The van der Waals surface area contributed by atoms with Gasteiger partial charge < -0.3 is 14.8 Å². The Balaban J connectivity index is 2.01. The number of ether oxygens (including phenoxy) is 2. The summed E-state index contributed by atoms with van der Waals surface area (Å²) in [6.07, 6.45) is 2.35. The smallest absolute Gasteiger partial charge is 0.324 e. The average Bonchev–Trinajstić information content (AvgIpc) is 2.47. The molecule has 5 nitrogen and oxygen atoms in total. The molecule has 0 spiro atoms. The standard InChI is InChI=1S/C15H28N2O3/c1-4-19-15(18)13-10-16-6-7-17(13)12-5-8-20-14(9-12)11(2)3/h11-14,16H,4-10H2,1-3H3. The fourth-order valence-electron chi connectivity index (χ4n) is 3.19. The predicted molar refractivity (Wildman–Crippen MR) is 77.6 cm³/mol. The maximum absolute atomic E-state index is 12.1. The van der Waals surface area contributed by atoms with E-state index in [-0.39, 0.29) is 12.0 Å². The number of carbonyl (C=O) groups is 1. The lowest BCUT2D eigenvalue weighted by molar-refractivity contribution is -0.153. The highest BCUT2D eigenvalue weighted by atomic mass is 16.5. The number of piperazine rings is 1. The molecule has 0 bridgehead atoms. The molecular weight excluding hydrogens is 256 g/mol. The van der Waals surface area contributed by atoms with Gasteiger partial charge in [0.15, 0.2) is 0 Å². The van der Waals surface area contributed by atoms with Gasteiger partial charge in [0.05, 0.1) is 12.7 Å². The van der Waals surface area contributed by atoms with Crippen molar-refractivity contribution in [3.8, 4) is 0 Å². The van der Waals surface area contributed by atoms with E-state index in [1.165, 1.54) is 0 Å². The van der Waals surface area contributed by atoms with E-state index in [4.69, 9.17) is 9.47 Å². The maximum atomic E-state index is 12.1. The van der Waals surface area contributed by atoms with Crippen molar-refractivity contribution in [1.29, 1.82) is 0 Å². The van der Waals surface area contributed by atoms with Crippen molar-refractivity contribution in [3.05, 3.63) is 0 Å². The van der Waals surface area contributed by atoms with Gasteiger partial charge in [0.1, 0.15) is 6.04 Å². The van der Waals surface area contributed by atoms with Crippen LogP contribution in [0.5, 0.6) is 0 Å². The molecule has 2 saturated heterocycles. The zero-order chi connectivity index (χ0) is 14.5. The van der Waals surface area contributed by atoms with Crippen LogP contribution in [-0.4, -0.2) is 61.9 Å². The van der Waals surface area contributed by atoms with E-state index in [1.54, 1.807) is 0 Å². The number of esters is 1. The SMILES string of the molecule is CCOC(=O)C1CNCCN1C1CCOC(C(C)C)C1. The van der Waals surface area contributed by atoms with E-state index in [9.17, 15) is 4.79 Å². The lowest BCUT2D eigenvalue weighted by Crippen LogP contribution is -2.60. The number of nitrogens with zero attached hydrogens (tertiary/aromatic N) is 1. The Morgan fingerprint density at radius 3 is 3.00 bits per heavy atom. The molecule has 2 rings (SSSR count). The fraction of sp³-hybridized carbons (Fsp3) is 0.933. The first-order valence-corrected chi connectivity index (χ1v) is 7.88. The summed E-state index contributed by atoms with van der Waals surface area (Å²) >= 11 is 0. The van der Waals surface area contributed by atoms with Crippen molar-refractivity contribution in [2.75, 3.05) is 32.8 Å². The number of carbonyl (C=O) groups excluding carboxylic acids is 1. The van der Waals surface area contributed by atoms with Crippen molar-refractivity contribution < 1.29 is 14.3 Å². The monoisotopic (exact) mass is 284 g/mol. The Hall–Kier alpha value is -0.650. The molecule has 116 valence electrons. The molecule has 2 heterocycles. The minimum atomic E-state index is -0.139.